The van der Waals surface area contributed by atoms with Crippen molar-refractivity contribution in [3.05, 3.63) is 11.5 Å². The number of piperidine rings is 1. The fourth-order valence-corrected chi connectivity index (χ4v) is 8.27. The van der Waals surface area contributed by atoms with Gasteiger partial charge in [0, 0.05) is 12.1 Å². The number of aliphatic hydroxyl groups excluding tert-OH is 2. The summed E-state index contributed by atoms with van der Waals surface area (Å²) in [7, 11) is -9.68. The topological polar surface area (TPSA) is 221 Å². The van der Waals surface area contributed by atoms with Crippen LogP contribution in [0.15, 0.2) is 6.20 Å². The summed E-state index contributed by atoms with van der Waals surface area (Å²) in [4.78, 5) is 38.7. The summed E-state index contributed by atoms with van der Waals surface area (Å²) < 4.78 is 34.8. The molecule has 0 amide bonds. The molecule has 2 aromatic heterocycles. The number of nitrogens with zero attached hydrogens (tertiary/aromatic N) is 5. The van der Waals surface area contributed by atoms with Crippen LogP contribution >= 0.6 is 26.8 Å². The lowest BCUT2D eigenvalue weighted by Gasteiger charge is -2.36. The van der Waals surface area contributed by atoms with Crippen molar-refractivity contribution in [2.75, 3.05) is 24.0 Å². The lowest BCUT2D eigenvalue weighted by Crippen LogP contribution is -2.52. The van der Waals surface area contributed by atoms with Crippen LogP contribution in [0.25, 0.3) is 11.0 Å². The van der Waals surface area contributed by atoms with Crippen molar-refractivity contribution in [3.63, 3.8) is 0 Å². The number of hydrogen-bond donors (Lipinski definition) is 6. The van der Waals surface area contributed by atoms with Crippen LogP contribution in [-0.2, 0) is 18.4 Å². The maximum atomic E-state index is 12.1. The number of hydrogen-bond acceptors (Lipinski definition) is 11. The average molecular weight is 584 g/mol. The summed E-state index contributed by atoms with van der Waals surface area (Å²) in [6.07, 6.45) is 1.98. The molecule has 37 heavy (non-hydrogen) atoms. The largest absolute Gasteiger partial charge is 0.393 e. The molecule has 0 aliphatic carbocycles. The smallest absolute Gasteiger partial charge is 0.340 e. The molecule has 3 aliphatic heterocycles. The highest BCUT2D eigenvalue weighted by atomic mass is 35.5. The Kier molecular flexibility index (Phi) is 7.21. The fourth-order valence-electron chi connectivity index (χ4n) is 5.56. The van der Waals surface area contributed by atoms with Crippen LogP contribution in [0.5, 0.6) is 0 Å². The molecule has 3 fully saturated rings. The minimum atomic E-state index is -4.89. The van der Waals surface area contributed by atoms with Crippen molar-refractivity contribution in [1.29, 1.82) is 0 Å². The van der Waals surface area contributed by atoms with Gasteiger partial charge in [-0.05, 0) is 43.7 Å². The second-order valence-corrected chi connectivity index (χ2v) is 14.0. The van der Waals surface area contributed by atoms with Gasteiger partial charge in [0.15, 0.2) is 17.8 Å². The first-order valence-electron chi connectivity index (χ1n) is 11.7. The van der Waals surface area contributed by atoms with Crippen LogP contribution in [0.1, 0.15) is 38.3 Å². The van der Waals surface area contributed by atoms with Crippen molar-refractivity contribution < 1.29 is 48.4 Å². The molecule has 3 aliphatic rings. The predicted octanol–water partition coefficient (Wildman–Crippen LogP) is 0.320. The van der Waals surface area contributed by atoms with E-state index in [4.69, 9.17) is 30.6 Å². The predicted molar refractivity (Wildman–Crippen MR) is 128 cm³/mol. The van der Waals surface area contributed by atoms with Gasteiger partial charge in [0.05, 0.1) is 24.8 Å². The first kappa shape index (κ1) is 27.4. The number of aliphatic hydroxyl groups is 3. The Morgan fingerprint density at radius 3 is 2.46 bits per heavy atom. The number of halogens is 1. The third-order valence-corrected chi connectivity index (χ3v) is 10.9. The van der Waals surface area contributed by atoms with E-state index in [-0.39, 0.29) is 10.9 Å². The van der Waals surface area contributed by atoms with Gasteiger partial charge in [-0.2, -0.15) is 15.1 Å². The molecule has 2 aromatic rings. The van der Waals surface area contributed by atoms with Gasteiger partial charge in [-0.25, -0.2) is 4.68 Å². The van der Waals surface area contributed by atoms with E-state index in [9.17, 15) is 29.3 Å². The Morgan fingerprint density at radius 2 is 1.84 bits per heavy atom. The zero-order valence-electron chi connectivity index (χ0n) is 19.4. The van der Waals surface area contributed by atoms with Gasteiger partial charge in [0.25, 0.3) is 0 Å². The summed E-state index contributed by atoms with van der Waals surface area (Å²) in [6, 6.07) is 0.626. The van der Waals surface area contributed by atoms with Crippen LogP contribution in [0, 0.1) is 0 Å². The number of rotatable bonds is 8. The molecule has 0 radical (unpaired) electrons. The Labute approximate surface area is 215 Å². The lowest BCUT2D eigenvalue weighted by molar-refractivity contribution is -0.117. The molecule has 18 heteroatoms. The van der Waals surface area contributed by atoms with Gasteiger partial charge < -0.3 is 44.2 Å². The Morgan fingerprint density at radius 1 is 1.16 bits per heavy atom. The molecule has 6 N–H and O–H groups in total. The van der Waals surface area contributed by atoms with Gasteiger partial charge in [-0.15, -0.1) is 0 Å². The van der Waals surface area contributed by atoms with Gasteiger partial charge in [-0.3, -0.25) is 9.13 Å². The van der Waals surface area contributed by atoms with E-state index < -0.39 is 58.3 Å². The van der Waals surface area contributed by atoms with Crippen molar-refractivity contribution in [1.82, 2.24) is 19.7 Å². The molecule has 15 nitrogen and oxygen atoms in total. The second kappa shape index (κ2) is 9.76. The van der Waals surface area contributed by atoms with E-state index in [0.29, 0.717) is 23.3 Å². The maximum absolute atomic E-state index is 12.1. The molecule has 0 spiro atoms. The van der Waals surface area contributed by atoms with Crippen LogP contribution < -0.4 is 4.90 Å². The fraction of sp³-hybridized carbons (Fsp3) is 0.737. The molecular formula is C19H28ClN5O10P2. The Hall–Kier alpha value is -1.22. The summed E-state index contributed by atoms with van der Waals surface area (Å²) in [5.41, 5.74) is -2.16. The first-order valence-corrected chi connectivity index (χ1v) is 15.6. The van der Waals surface area contributed by atoms with E-state index >= 15 is 0 Å². The highest BCUT2D eigenvalue weighted by Crippen LogP contribution is 2.56. The molecule has 3 saturated heterocycles. The number of fused-ring (bicyclic) bond motifs is 3. The van der Waals surface area contributed by atoms with Crippen LogP contribution in [-0.4, -0.2) is 98.8 Å². The Balaban J connectivity index is 1.45. The highest BCUT2D eigenvalue weighted by Gasteiger charge is 2.57. The minimum Gasteiger partial charge on any atom is -0.393 e. The normalized spacial score (nSPS) is 33.8. The second-order valence-electron chi connectivity index (χ2n) is 9.71. The number of anilines is 1. The van der Waals surface area contributed by atoms with Gasteiger partial charge in [0.1, 0.15) is 23.6 Å². The van der Waals surface area contributed by atoms with E-state index in [1.165, 1.54) is 10.9 Å². The molecule has 3 unspecified atom stereocenters. The van der Waals surface area contributed by atoms with Gasteiger partial charge in [0.2, 0.25) is 5.28 Å². The quantitative estimate of drug-likeness (QED) is 0.182. The third-order valence-electron chi connectivity index (χ3n) is 7.27. The molecular weight excluding hydrogens is 556 g/mol. The zero-order chi connectivity index (χ0) is 26.8. The standard InChI is InChI=1S/C19H28ClN5O10P2/c20-18-22-15(24-10-2-1-3-11(24)5-4-10)12-6-21-25(16(12)23-18)17-14(27)19(28,8-26)13(35-17)7-34-37(32,33)9-36(29,30)31/h6,10-11,13-14,17,26-28H,1-5,7-9H2,(H,32,33)(H2,29,30,31)/t10?,11?,13-,14+,17-,19-/m1/s1. The highest BCUT2D eigenvalue weighted by molar-refractivity contribution is 7.70. The molecule has 7 atom stereocenters. The molecule has 5 heterocycles. The lowest BCUT2D eigenvalue weighted by atomic mass is 9.93. The van der Waals surface area contributed by atoms with Crippen LogP contribution in [0.4, 0.5) is 5.82 Å². The zero-order valence-corrected chi connectivity index (χ0v) is 22.0. The van der Waals surface area contributed by atoms with Crippen LogP contribution in [0.2, 0.25) is 5.28 Å². The van der Waals surface area contributed by atoms with Crippen LogP contribution in [0.3, 0.4) is 0 Å². The summed E-state index contributed by atoms with van der Waals surface area (Å²) >= 11 is 6.27. The summed E-state index contributed by atoms with van der Waals surface area (Å²) in [6.45, 7) is -1.89. The van der Waals surface area contributed by atoms with Crippen molar-refractivity contribution in [2.45, 2.75) is 68.2 Å². The first-order chi connectivity index (χ1) is 17.3. The number of aromatic nitrogens is 4. The summed E-state index contributed by atoms with van der Waals surface area (Å²) in [5, 5.41) is 36.5. The SMILES string of the molecule is O=P(O)(O)CP(=O)(O)OC[C@H]1O[C@@H](n2ncc3c(N4C5CCCC4CC5)nc(Cl)nc32)[C@H](O)[C@@]1(O)CO. The minimum absolute atomic E-state index is 0.0577. The third kappa shape index (κ3) is 5.08. The maximum Gasteiger partial charge on any atom is 0.340 e. The molecule has 0 aromatic carbocycles. The van der Waals surface area contributed by atoms with Crippen molar-refractivity contribution >= 4 is 43.6 Å². The van der Waals surface area contributed by atoms with Crippen molar-refractivity contribution in [3.8, 4) is 0 Å². The van der Waals surface area contributed by atoms with E-state index in [0.717, 1.165) is 32.1 Å². The van der Waals surface area contributed by atoms with Gasteiger partial charge >= 0.3 is 15.2 Å². The van der Waals surface area contributed by atoms with Crippen molar-refractivity contribution in [2.24, 2.45) is 0 Å². The molecule has 2 bridgehead atoms. The molecule has 206 valence electrons. The monoisotopic (exact) mass is 583 g/mol. The number of ether oxygens (including phenoxy) is 1. The Bertz CT molecular complexity index is 1260. The van der Waals surface area contributed by atoms with Gasteiger partial charge in [-0.1, -0.05) is 0 Å². The molecule has 0 saturated carbocycles. The summed E-state index contributed by atoms with van der Waals surface area (Å²) in [5.74, 6) is -0.839. The average Bonchev–Trinajstić information content (AvgIpc) is 3.41. The van der Waals surface area contributed by atoms with E-state index in [2.05, 4.69) is 20.0 Å². The van der Waals surface area contributed by atoms with E-state index in [1.54, 1.807) is 0 Å². The molecule has 5 rings (SSSR count). The van der Waals surface area contributed by atoms with E-state index in [1.807, 2.05) is 0 Å².